The SMILES string of the molecule is CC(CNC(=O)[C@H]1CCCCN1)N1CCCCC1. The van der Waals surface area contributed by atoms with Crippen molar-refractivity contribution in [1.29, 1.82) is 0 Å². The topological polar surface area (TPSA) is 44.4 Å². The van der Waals surface area contributed by atoms with Crippen LogP contribution in [0.3, 0.4) is 0 Å². The molecule has 2 atom stereocenters. The fourth-order valence-electron chi connectivity index (χ4n) is 2.94. The number of nitrogens with zero attached hydrogens (tertiary/aromatic N) is 1. The summed E-state index contributed by atoms with van der Waals surface area (Å²) >= 11 is 0. The van der Waals surface area contributed by atoms with E-state index >= 15 is 0 Å². The van der Waals surface area contributed by atoms with Crippen molar-refractivity contribution >= 4 is 5.91 Å². The largest absolute Gasteiger partial charge is 0.353 e. The summed E-state index contributed by atoms with van der Waals surface area (Å²) in [5.74, 6) is 0.193. The Balaban J connectivity index is 1.67. The predicted molar refractivity (Wildman–Crippen MR) is 73.5 cm³/mol. The molecule has 0 spiro atoms. The van der Waals surface area contributed by atoms with Gasteiger partial charge in [0.05, 0.1) is 6.04 Å². The van der Waals surface area contributed by atoms with E-state index in [0.717, 1.165) is 19.5 Å². The maximum atomic E-state index is 12.0. The average Bonchev–Trinajstić information content (AvgIpc) is 2.46. The summed E-state index contributed by atoms with van der Waals surface area (Å²) < 4.78 is 0. The Hall–Kier alpha value is -0.610. The van der Waals surface area contributed by atoms with Gasteiger partial charge in [-0.25, -0.2) is 0 Å². The fraction of sp³-hybridized carbons (Fsp3) is 0.929. The number of carbonyl (C=O) groups excluding carboxylic acids is 1. The van der Waals surface area contributed by atoms with Crippen molar-refractivity contribution < 1.29 is 4.79 Å². The highest BCUT2D eigenvalue weighted by Gasteiger charge is 2.22. The van der Waals surface area contributed by atoms with Crippen LogP contribution in [0.4, 0.5) is 0 Å². The predicted octanol–water partition coefficient (Wildman–Crippen LogP) is 1.12. The monoisotopic (exact) mass is 253 g/mol. The maximum Gasteiger partial charge on any atom is 0.237 e. The van der Waals surface area contributed by atoms with Crippen LogP contribution in [0.1, 0.15) is 45.4 Å². The van der Waals surface area contributed by atoms with Crippen molar-refractivity contribution in [1.82, 2.24) is 15.5 Å². The number of rotatable bonds is 4. The number of amides is 1. The molecule has 0 aliphatic carbocycles. The van der Waals surface area contributed by atoms with Crippen molar-refractivity contribution in [2.24, 2.45) is 0 Å². The average molecular weight is 253 g/mol. The minimum absolute atomic E-state index is 0.0484. The molecule has 4 nitrogen and oxygen atoms in total. The van der Waals surface area contributed by atoms with Crippen LogP contribution in [0, 0.1) is 0 Å². The molecule has 18 heavy (non-hydrogen) atoms. The molecule has 2 aliphatic heterocycles. The summed E-state index contributed by atoms with van der Waals surface area (Å²) in [5, 5.41) is 6.40. The second-order valence-corrected chi connectivity index (χ2v) is 5.69. The number of piperidine rings is 2. The first-order valence-corrected chi connectivity index (χ1v) is 7.52. The van der Waals surface area contributed by atoms with Gasteiger partial charge in [0, 0.05) is 12.6 Å². The van der Waals surface area contributed by atoms with Gasteiger partial charge in [-0.05, 0) is 52.2 Å². The van der Waals surface area contributed by atoms with Gasteiger partial charge in [-0.2, -0.15) is 0 Å². The Morgan fingerprint density at radius 1 is 1.28 bits per heavy atom. The van der Waals surface area contributed by atoms with E-state index < -0.39 is 0 Å². The van der Waals surface area contributed by atoms with Gasteiger partial charge >= 0.3 is 0 Å². The van der Waals surface area contributed by atoms with Crippen LogP contribution in [-0.2, 0) is 4.79 Å². The highest BCUT2D eigenvalue weighted by Crippen LogP contribution is 2.12. The van der Waals surface area contributed by atoms with E-state index in [1.807, 2.05) is 0 Å². The summed E-state index contributed by atoms with van der Waals surface area (Å²) in [6.07, 6.45) is 7.34. The molecular weight excluding hydrogens is 226 g/mol. The van der Waals surface area contributed by atoms with Crippen LogP contribution in [0.25, 0.3) is 0 Å². The molecule has 0 saturated carbocycles. The van der Waals surface area contributed by atoms with Gasteiger partial charge < -0.3 is 10.6 Å². The molecule has 1 amide bonds. The zero-order chi connectivity index (χ0) is 12.8. The Morgan fingerprint density at radius 2 is 2.06 bits per heavy atom. The van der Waals surface area contributed by atoms with Crippen molar-refractivity contribution in [3.05, 3.63) is 0 Å². The van der Waals surface area contributed by atoms with Crippen LogP contribution < -0.4 is 10.6 Å². The lowest BCUT2D eigenvalue weighted by Crippen LogP contribution is -2.50. The molecule has 0 aromatic rings. The van der Waals surface area contributed by atoms with Crippen LogP contribution >= 0.6 is 0 Å². The van der Waals surface area contributed by atoms with Gasteiger partial charge in [-0.3, -0.25) is 9.69 Å². The lowest BCUT2D eigenvalue weighted by atomic mass is 10.0. The molecule has 2 N–H and O–H groups in total. The molecule has 2 rings (SSSR count). The van der Waals surface area contributed by atoms with E-state index in [-0.39, 0.29) is 11.9 Å². The highest BCUT2D eigenvalue weighted by atomic mass is 16.2. The molecular formula is C14H27N3O. The zero-order valence-electron chi connectivity index (χ0n) is 11.6. The second-order valence-electron chi connectivity index (χ2n) is 5.69. The molecule has 0 radical (unpaired) electrons. The Kier molecular flexibility index (Phi) is 5.45. The normalized spacial score (nSPS) is 27.7. The van der Waals surface area contributed by atoms with E-state index in [4.69, 9.17) is 0 Å². The Morgan fingerprint density at radius 3 is 2.72 bits per heavy atom. The summed E-state index contributed by atoms with van der Waals surface area (Å²) in [4.78, 5) is 14.5. The van der Waals surface area contributed by atoms with Crippen LogP contribution in [-0.4, -0.2) is 49.1 Å². The molecule has 0 aromatic carbocycles. The van der Waals surface area contributed by atoms with Crippen LogP contribution in [0.5, 0.6) is 0 Å². The smallest absolute Gasteiger partial charge is 0.237 e. The first kappa shape index (κ1) is 13.8. The van der Waals surface area contributed by atoms with Gasteiger partial charge in [-0.1, -0.05) is 12.8 Å². The second kappa shape index (κ2) is 7.10. The van der Waals surface area contributed by atoms with Gasteiger partial charge in [0.25, 0.3) is 0 Å². The van der Waals surface area contributed by atoms with E-state index in [2.05, 4.69) is 22.5 Å². The molecule has 2 heterocycles. The summed E-state index contributed by atoms with van der Waals surface area (Å²) in [6, 6.07) is 0.519. The molecule has 2 aliphatic rings. The number of hydrogen-bond acceptors (Lipinski definition) is 3. The third-order valence-corrected chi connectivity index (χ3v) is 4.21. The van der Waals surface area contributed by atoms with Gasteiger partial charge in [0.1, 0.15) is 0 Å². The summed E-state index contributed by atoms with van der Waals surface area (Å²) in [7, 11) is 0. The Labute approximate surface area is 110 Å². The minimum Gasteiger partial charge on any atom is -0.353 e. The summed E-state index contributed by atoms with van der Waals surface area (Å²) in [6.45, 7) is 6.38. The van der Waals surface area contributed by atoms with Crippen molar-refractivity contribution in [3.8, 4) is 0 Å². The van der Waals surface area contributed by atoms with Gasteiger partial charge in [0.15, 0.2) is 0 Å². The van der Waals surface area contributed by atoms with E-state index in [1.54, 1.807) is 0 Å². The van der Waals surface area contributed by atoms with Gasteiger partial charge in [-0.15, -0.1) is 0 Å². The zero-order valence-corrected chi connectivity index (χ0v) is 11.6. The number of hydrogen-bond donors (Lipinski definition) is 2. The Bertz CT molecular complexity index is 258. The van der Waals surface area contributed by atoms with Gasteiger partial charge in [0.2, 0.25) is 5.91 Å². The van der Waals surface area contributed by atoms with E-state index in [9.17, 15) is 4.79 Å². The molecule has 2 saturated heterocycles. The molecule has 1 unspecified atom stereocenters. The third kappa shape index (κ3) is 3.95. The van der Waals surface area contributed by atoms with Crippen LogP contribution in [0.2, 0.25) is 0 Å². The first-order valence-electron chi connectivity index (χ1n) is 7.52. The van der Waals surface area contributed by atoms with E-state index in [0.29, 0.717) is 6.04 Å². The summed E-state index contributed by atoms with van der Waals surface area (Å²) in [5.41, 5.74) is 0. The molecule has 0 aromatic heterocycles. The molecule has 0 bridgehead atoms. The lowest BCUT2D eigenvalue weighted by Gasteiger charge is -2.33. The molecule has 104 valence electrons. The first-order chi connectivity index (χ1) is 8.77. The van der Waals surface area contributed by atoms with Crippen molar-refractivity contribution in [3.63, 3.8) is 0 Å². The van der Waals surface area contributed by atoms with E-state index in [1.165, 1.54) is 45.2 Å². The number of nitrogens with one attached hydrogen (secondary N) is 2. The standard InChI is InChI=1S/C14H27N3O/c1-12(17-9-5-2-6-10-17)11-16-14(18)13-7-3-4-8-15-13/h12-13,15H,2-11H2,1H3,(H,16,18)/t12?,13-/m1/s1. The maximum absolute atomic E-state index is 12.0. The van der Waals surface area contributed by atoms with Crippen LogP contribution in [0.15, 0.2) is 0 Å². The third-order valence-electron chi connectivity index (χ3n) is 4.21. The minimum atomic E-state index is 0.0484. The van der Waals surface area contributed by atoms with Crippen molar-refractivity contribution in [2.75, 3.05) is 26.2 Å². The fourth-order valence-corrected chi connectivity index (χ4v) is 2.94. The number of carbonyl (C=O) groups is 1. The molecule has 2 fully saturated rings. The lowest BCUT2D eigenvalue weighted by molar-refractivity contribution is -0.123. The number of likely N-dealkylation sites (tertiary alicyclic amines) is 1. The molecule has 4 heteroatoms. The quantitative estimate of drug-likeness (QED) is 0.789. The highest BCUT2D eigenvalue weighted by molar-refractivity contribution is 5.81. The van der Waals surface area contributed by atoms with Crippen molar-refractivity contribution in [2.45, 2.75) is 57.5 Å².